The lowest BCUT2D eigenvalue weighted by Crippen LogP contribution is -2.39. The monoisotopic (exact) mass is 655 g/mol. The van der Waals surface area contributed by atoms with E-state index < -0.39 is 11.4 Å². The van der Waals surface area contributed by atoms with E-state index in [1.807, 2.05) is 52.5 Å². The van der Waals surface area contributed by atoms with Crippen LogP contribution < -0.4 is 14.4 Å². The van der Waals surface area contributed by atoms with Crippen LogP contribution in [0.25, 0.3) is 0 Å². The highest BCUT2D eigenvalue weighted by Gasteiger charge is 2.32. The standard InChI is InChI=1S/C32H39ClFN7O5/c1-7-41(19(2)3)29(42)22-16-20(34)8-9-25(22)45-30-36-28(27(33)37-38-30)39-14-11-21(12-15-39)44-26-10-13-35-24-18-40(17-23(24)26)31(43)46-32(4,5)6/h8-10,13,16,19,21H,7,11-12,14-15,17-18H2,1-6H3. The first kappa shape index (κ1) is 33.1. The van der Waals surface area contributed by atoms with E-state index in [4.69, 9.17) is 25.8 Å². The maximum Gasteiger partial charge on any atom is 0.410 e. The molecule has 3 aromatic rings. The summed E-state index contributed by atoms with van der Waals surface area (Å²) in [5.41, 5.74) is 1.15. The molecule has 1 saturated heterocycles. The zero-order valence-electron chi connectivity index (χ0n) is 26.9. The lowest BCUT2D eigenvalue weighted by Gasteiger charge is -2.33. The molecule has 246 valence electrons. The second-order valence-corrected chi connectivity index (χ2v) is 12.9. The van der Waals surface area contributed by atoms with Crippen LogP contribution in [0.5, 0.6) is 17.5 Å². The Morgan fingerprint density at radius 2 is 1.85 bits per heavy atom. The van der Waals surface area contributed by atoms with Crippen molar-refractivity contribution < 1.29 is 28.2 Å². The van der Waals surface area contributed by atoms with Crippen molar-refractivity contribution in [3.8, 4) is 17.5 Å². The molecule has 0 N–H and O–H groups in total. The van der Waals surface area contributed by atoms with Crippen molar-refractivity contribution in [1.82, 2.24) is 30.0 Å². The Bertz CT molecular complexity index is 1590. The highest BCUT2D eigenvalue weighted by molar-refractivity contribution is 6.31. The van der Waals surface area contributed by atoms with E-state index in [1.54, 1.807) is 16.0 Å². The smallest absolute Gasteiger partial charge is 0.410 e. The predicted octanol–water partition coefficient (Wildman–Crippen LogP) is 6.02. The molecule has 1 fully saturated rings. The molecule has 4 heterocycles. The van der Waals surface area contributed by atoms with Crippen LogP contribution in [0.2, 0.25) is 5.15 Å². The quantitative estimate of drug-likeness (QED) is 0.285. The first-order valence-corrected chi connectivity index (χ1v) is 15.8. The van der Waals surface area contributed by atoms with Gasteiger partial charge < -0.3 is 24.0 Å². The van der Waals surface area contributed by atoms with Gasteiger partial charge in [0.1, 0.15) is 29.0 Å². The molecule has 0 atom stereocenters. The van der Waals surface area contributed by atoms with E-state index in [1.165, 1.54) is 12.1 Å². The first-order valence-electron chi connectivity index (χ1n) is 15.4. The van der Waals surface area contributed by atoms with Gasteiger partial charge in [-0.05, 0) is 65.8 Å². The Labute approximate surface area is 272 Å². The molecular formula is C32H39ClFN7O5. The Balaban J connectivity index is 1.24. The second-order valence-electron chi connectivity index (χ2n) is 12.5. The minimum absolute atomic E-state index is 0.0606. The van der Waals surface area contributed by atoms with Crippen molar-refractivity contribution in [3.05, 3.63) is 58.3 Å². The second kappa shape index (κ2) is 13.6. The molecule has 46 heavy (non-hydrogen) atoms. The van der Waals surface area contributed by atoms with Crippen LogP contribution in [0.15, 0.2) is 30.5 Å². The summed E-state index contributed by atoms with van der Waals surface area (Å²) in [7, 11) is 0. The number of piperidine rings is 1. The summed E-state index contributed by atoms with van der Waals surface area (Å²) in [4.78, 5) is 40.0. The Morgan fingerprint density at radius 3 is 2.52 bits per heavy atom. The average Bonchev–Trinajstić information content (AvgIpc) is 3.45. The molecule has 2 aliphatic heterocycles. The fraction of sp³-hybridized carbons (Fsp3) is 0.500. The number of aromatic nitrogens is 4. The van der Waals surface area contributed by atoms with Gasteiger partial charge >= 0.3 is 12.1 Å². The van der Waals surface area contributed by atoms with Crippen LogP contribution in [0.1, 0.15) is 76.0 Å². The Kier molecular flexibility index (Phi) is 9.80. The minimum Gasteiger partial charge on any atom is -0.490 e. The van der Waals surface area contributed by atoms with Crippen molar-refractivity contribution in [1.29, 1.82) is 0 Å². The number of ether oxygens (including phenoxy) is 3. The summed E-state index contributed by atoms with van der Waals surface area (Å²) < 4.78 is 32.0. The third-order valence-corrected chi connectivity index (χ3v) is 7.93. The van der Waals surface area contributed by atoms with Crippen molar-refractivity contribution in [2.45, 2.75) is 85.2 Å². The molecule has 5 rings (SSSR count). The van der Waals surface area contributed by atoms with E-state index in [-0.39, 0.29) is 46.6 Å². The van der Waals surface area contributed by atoms with Crippen molar-refractivity contribution in [3.63, 3.8) is 0 Å². The third kappa shape index (κ3) is 7.57. The van der Waals surface area contributed by atoms with Gasteiger partial charge in [0.05, 0.1) is 24.3 Å². The van der Waals surface area contributed by atoms with Crippen LogP contribution >= 0.6 is 11.6 Å². The van der Waals surface area contributed by atoms with Gasteiger partial charge in [0.2, 0.25) is 0 Å². The number of hydrogen-bond acceptors (Lipinski definition) is 10. The largest absolute Gasteiger partial charge is 0.490 e. The van der Waals surface area contributed by atoms with Crippen LogP contribution in [0.4, 0.5) is 15.0 Å². The number of rotatable bonds is 8. The predicted molar refractivity (Wildman–Crippen MR) is 169 cm³/mol. The summed E-state index contributed by atoms with van der Waals surface area (Å²) in [6.07, 6.45) is 2.56. The number of hydrogen-bond donors (Lipinski definition) is 0. The van der Waals surface area contributed by atoms with Crippen molar-refractivity contribution in [2.75, 3.05) is 24.5 Å². The zero-order valence-corrected chi connectivity index (χ0v) is 27.7. The molecule has 1 aromatic carbocycles. The molecule has 12 nitrogen and oxygen atoms in total. The van der Waals surface area contributed by atoms with E-state index in [0.29, 0.717) is 57.1 Å². The van der Waals surface area contributed by atoms with Gasteiger partial charge in [-0.25, -0.2) is 9.18 Å². The molecule has 2 aromatic heterocycles. The van der Waals surface area contributed by atoms with Gasteiger partial charge in [0.25, 0.3) is 5.91 Å². The SMILES string of the molecule is CCN(C(=O)c1cc(F)ccc1Oc1nnc(Cl)c(N2CCC(Oc3ccnc4c3CN(C(=O)OC(C)(C)C)C4)CC2)n1)C(C)C. The summed E-state index contributed by atoms with van der Waals surface area (Å²) >= 11 is 6.42. The van der Waals surface area contributed by atoms with Gasteiger partial charge in [-0.15, -0.1) is 5.10 Å². The maximum atomic E-state index is 14.2. The number of anilines is 1. The number of nitrogens with zero attached hydrogens (tertiary/aromatic N) is 7. The molecule has 0 spiro atoms. The number of pyridine rings is 1. The highest BCUT2D eigenvalue weighted by atomic mass is 35.5. The number of halogens is 2. The molecule has 14 heteroatoms. The van der Waals surface area contributed by atoms with Gasteiger partial charge in [0, 0.05) is 50.3 Å². The number of fused-ring (bicyclic) bond motifs is 1. The normalized spacial score (nSPS) is 15.2. The highest BCUT2D eigenvalue weighted by Crippen LogP contribution is 2.34. The molecule has 0 bridgehead atoms. The van der Waals surface area contributed by atoms with Crippen molar-refractivity contribution >= 4 is 29.4 Å². The lowest BCUT2D eigenvalue weighted by molar-refractivity contribution is 0.0239. The first-order chi connectivity index (χ1) is 21.8. The van der Waals surface area contributed by atoms with E-state index in [9.17, 15) is 14.0 Å². The van der Waals surface area contributed by atoms with Gasteiger partial charge in [-0.2, -0.15) is 4.98 Å². The third-order valence-electron chi connectivity index (χ3n) is 7.69. The zero-order chi connectivity index (χ0) is 33.2. The topological polar surface area (TPSA) is 123 Å². The van der Waals surface area contributed by atoms with E-state index in [0.717, 1.165) is 17.3 Å². The minimum atomic E-state index is -0.589. The fourth-order valence-electron chi connectivity index (χ4n) is 5.47. The van der Waals surface area contributed by atoms with Gasteiger partial charge in [-0.1, -0.05) is 16.7 Å². The Hall–Kier alpha value is -4.26. The average molecular weight is 656 g/mol. The molecule has 0 radical (unpaired) electrons. The molecule has 0 aliphatic carbocycles. The Morgan fingerprint density at radius 1 is 1.11 bits per heavy atom. The summed E-state index contributed by atoms with van der Waals surface area (Å²) in [5, 5.41) is 8.10. The molecular weight excluding hydrogens is 617 g/mol. The number of carbonyl (C=O) groups excluding carboxylic acids is 2. The summed E-state index contributed by atoms with van der Waals surface area (Å²) in [6, 6.07) is 5.35. The van der Waals surface area contributed by atoms with Crippen LogP contribution in [0, 0.1) is 5.82 Å². The molecule has 2 aliphatic rings. The summed E-state index contributed by atoms with van der Waals surface area (Å²) in [5.74, 6) is 0.274. The molecule has 2 amide bonds. The van der Waals surface area contributed by atoms with Gasteiger partial charge in [-0.3, -0.25) is 14.7 Å². The summed E-state index contributed by atoms with van der Waals surface area (Å²) in [6.45, 7) is 13.5. The number of benzene rings is 1. The lowest BCUT2D eigenvalue weighted by atomic mass is 10.1. The van der Waals surface area contributed by atoms with Crippen molar-refractivity contribution in [2.24, 2.45) is 0 Å². The van der Waals surface area contributed by atoms with Crippen LogP contribution in [0.3, 0.4) is 0 Å². The van der Waals surface area contributed by atoms with Crippen LogP contribution in [-0.4, -0.2) is 79.3 Å². The number of carbonyl (C=O) groups is 2. The molecule has 0 unspecified atom stereocenters. The van der Waals surface area contributed by atoms with Gasteiger partial charge in [0.15, 0.2) is 11.0 Å². The van der Waals surface area contributed by atoms with E-state index in [2.05, 4.69) is 20.2 Å². The fourth-order valence-corrected chi connectivity index (χ4v) is 5.67. The number of amides is 2. The maximum absolute atomic E-state index is 14.2. The van der Waals surface area contributed by atoms with E-state index >= 15 is 0 Å². The van der Waals surface area contributed by atoms with Crippen LogP contribution in [-0.2, 0) is 17.8 Å². The molecule has 0 saturated carbocycles.